The highest BCUT2D eigenvalue weighted by Crippen LogP contribution is 2.42. The fraction of sp³-hybridized carbons (Fsp3) is 0.214. The van der Waals surface area contributed by atoms with Crippen LogP contribution in [0.4, 0.5) is 0 Å². The number of thioether (sulfide) groups is 1. The van der Waals surface area contributed by atoms with Crippen LogP contribution in [0.25, 0.3) is 20.8 Å². The lowest BCUT2D eigenvalue weighted by Crippen LogP contribution is -2.24. The van der Waals surface area contributed by atoms with Crippen molar-refractivity contribution < 1.29 is 9.90 Å². The summed E-state index contributed by atoms with van der Waals surface area (Å²) in [5, 5.41) is 21.6. The lowest BCUT2D eigenvalue weighted by atomic mass is 10.2. The number of aromatic nitrogens is 3. The molecule has 0 spiro atoms. The van der Waals surface area contributed by atoms with Crippen LogP contribution in [-0.4, -0.2) is 26.5 Å². The first kappa shape index (κ1) is 16.6. The standard InChI is InChI=1S/C14H11Cl2N3O2S2/c1-2-19-13(17-18-14(19)22-6-10(20)21)12-11(16)8-4-3-7(15)5-9(8)23-12/h3-5H,2,6H2,1H3,(H,20,21)/p-1. The van der Waals surface area contributed by atoms with Crippen molar-refractivity contribution in [2.24, 2.45) is 0 Å². The van der Waals surface area contributed by atoms with Gasteiger partial charge in [0.2, 0.25) is 0 Å². The summed E-state index contributed by atoms with van der Waals surface area (Å²) in [4.78, 5) is 11.4. The molecule has 0 aliphatic rings. The number of carboxylic acid groups (broad SMARTS) is 1. The number of halogens is 2. The highest BCUT2D eigenvalue weighted by Gasteiger charge is 2.20. The number of benzene rings is 1. The van der Waals surface area contributed by atoms with Gasteiger partial charge in [-0.1, -0.05) is 41.0 Å². The summed E-state index contributed by atoms with van der Waals surface area (Å²) in [7, 11) is 0. The van der Waals surface area contributed by atoms with Gasteiger partial charge in [-0.3, -0.25) is 0 Å². The molecule has 0 amide bonds. The van der Waals surface area contributed by atoms with Crippen LogP contribution in [-0.2, 0) is 11.3 Å². The molecule has 9 heteroatoms. The molecule has 2 aromatic heterocycles. The summed E-state index contributed by atoms with van der Waals surface area (Å²) in [6.45, 7) is 2.54. The molecule has 0 N–H and O–H groups in total. The van der Waals surface area contributed by atoms with E-state index in [1.54, 1.807) is 6.07 Å². The van der Waals surface area contributed by atoms with Crippen LogP contribution in [0.15, 0.2) is 23.4 Å². The number of carbonyl (C=O) groups is 1. The second-order valence-electron chi connectivity index (χ2n) is 4.60. The summed E-state index contributed by atoms with van der Waals surface area (Å²) in [5.74, 6) is -0.694. The number of fused-ring (bicyclic) bond motifs is 1. The quantitative estimate of drug-likeness (QED) is 0.628. The van der Waals surface area contributed by atoms with E-state index >= 15 is 0 Å². The van der Waals surface area contributed by atoms with E-state index in [0.717, 1.165) is 26.7 Å². The van der Waals surface area contributed by atoms with E-state index in [2.05, 4.69) is 10.2 Å². The van der Waals surface area contributed by atoms with Crippen molar-refractivity contribution in [2.45, 2.75) is 18.6 Å². The summed E-state index contributed by atoms with van der Waals surface area (Å²) < 4.78 is 2.80. The van der Waals surface area contributed by atoms with Gasteiger partial charge in [0.15, 0.2) is 11.0 Å². The first-order valence-corrected chi connectivity index (χ1v) is 9.20. The maximum absolute atomic E-state index is 10.6. The molecule has 0 atom stereocenters. The molecule has 0 unspecified atom stereocenters. The van der Waals surface area contributed by atoms with E-state index < -0.39 is 5.97 Å². The SMILES string of the molecule is CCn1c(SCC(=O)[O-])nnc1-c1sc2cc(Cl)ccc2c1Cl. The van der Waals surface area contributed by atoms with Crippen molar-refractivity contribution in [3.63, 3.8) is 0 Å². The van der Waals surface area contributed by atoms with Gasteiger partial charge in [-0.2, -0.15) is 0 Å². The van der Waals surface area contributed by atoms with Crippen LogP contribution in [0.5, 0.6) is 0 Å². The maximum atomic E-state index is 10.6. The number of rotatable bonds is 5. The summed E-state index contributed by atoms with van der Waals surface area (Å²) in [5.41, 5.74) is 0. The maximum Gasteiger partial charge on any atom is 0.191 e. The Hall–Kier alpha value is -1.28. The average molecular weight is 387 g/mol. The molecule has 3 aromatic rings. The molecular formula is C14H10Cl2N3O2S2-. The molecule has 0 aliphatic heterocycles. The zero-order chi connectivity index (χ0) is 16.6. The molecule has 0 saturated carbocycles. The number of hydrogen-bond acceptors (Lipinski definition) is 6. The Morgan fingerprint density at radius 1 is 1.39 bits per heavy atom. The predicted molar refractivity (Wildman–Crippen MR) is 92.3 cm³/mol. The first-order chi connectivity index (χ1) is 11.0. The summed E-state index contributed by atoms with van der Waals surface area (Å²) in [6, 6.07) is 5.52. The minimum atomic E-state index is -1.14. The van der Waals surface area contributed by atoms with Crippen LogP contribution in [0.1, 0.15) is 6.92 Å². The minimum absolute atomic E-state index is 0.173. The third-order valence-electron chi connectivity index (χ3n) is 3.15. The van der Waals surface area contributed by atoms with E-state index in [0.29, 0.717) is 27.6 Å². The lowest BCUT2D eigenvalue weighted by Gasteiger charge is -2.06. The normalized spacial score (nSPS) is 11.3. The van der Waals surface area contributed by atoms with Crippen molar-refractivity contribution in [2.75, 3.05) is 5.75 Å². The van der Waals surface area contributed by atoms with Gasteiger partial charge in [0, 0.05) is 27.4 Å². The summed E-state index contributed by atoms with van der Waals surface area (Å²) >= 11 is 15.1. The molecule has 23 heavy (non-hydrogen) atoms. The van der Waals surface area contributed by atoms with E-state index in [9.17, 15) is 9.90 Å². The molecule has 1 aromatic carbocycles. The highest BCUT2D eigenvalue weighted by atomic mass is 35.5. The second-order valence-corrected chi connectivity index (χ2v) is 7.41. The third-order valence-corrected chi connectivity index (χ3v) is 5.98. The Labute approximate surface area is 150 Å². The van der Waals surface area contributed by atoms with Crippen LogP contribution >= 0.6 is 46.3 Å². The number of carbonyl (C=O) groups excluding carboxylic acids is 1. The zero-order valence-electron chi connectivity index (χ0n) is 11.9. The van der Waals surface area contributed by atoms with Crippen LogP contribution in [0, 0.1) is 0 Å². The molecule has 0 aliphatic carbocycles. The molecule has 0 fully saturated rings. The van der Waals surface area contributed by atoms with Crippen molar-refractivity contribution in [3.8, 4) is 10.7 Å². The van der Waals surface area contributed by atoms with Gasteiger partial charge in [-0.05, 0) is 19.1 Å². The van der Waals surface area contributed by atoms with E-state index in [1.807, 2.05) is 23.6 Å². The smallest absolute Gasteiger partial charge is 0.191 e. The van der Waals surface area contributed by atoms with Crippen molar-refractivity contribution in [1.29, 1.82) is 0 Å². The number of thiophene rings is 1. The van der Waals surface area contributed by atoms with Gasteiger partial charge in [-0.15, -0.1) is 21.5 Å². The van der Waals surface area contributed by atoms with Gasteiger partial charge in [0.05, 0.1) is 15.9 Å². The molecular weight excluding hydrogens is 377 g/mol. The molecule has 5 nitrogen and oxygen atoms in total. The number of nitrogens with zero attached hydrogens (tertiary/aromatic N) is 3. The third kappa shape index (κ3) is 3.19. The van der Waals surface area contributed by atoms with Gasteiger partial charge in [-0.25, -0.2) is 0 Å². The van der Waals surface area contributed by atoms with Crippen molar-refractivity contribution >= 4 is 62.4 Å². The summed E-state index contributed by atoms with van der Waals surface area (Å²) in [6.07, 6.45) is 0. The monoisotopic (exact) mass is 386 g/mol. The fourth-order valence-corrected chi connectivity index (χ4v) is 4.66. The van der Waals surface area contributed by atoms with Gasteiger partial charge < -0.3 is 14.5 Å². The second kappa shape index (κ2) is 6.68. The zero-order valence-corrected chi connectivity index (χ0v) is 15.0. The molecule has 2 heterocycles. The van der Waals surface area contributed by atoms with Crippen LogP contribution in [0.2, 0.25) is 10.0 Å². The molecule has 0 radical (unpaired) electrons. The van der Waals surface area contributed by atoms with E-state index in [-0.39, 0.29) is 5.75 Å². The van der Waals surface area contributed by atoms with Gasteiger partial charge >= 0.3 is 0 Å². The first-order valence-electron chi connectivity index (χ1n) is 6.65. The number of aliphatic carboxylic acids is 1. The Kier molecular flexibility index (Phi) is 4.82. The van der Waals surface area contributed by atoms with Gasteiger partial charge in [0.25, 0.3) is 0 Å². The van der Waals surface area contributed by atoms with Crippen LogP contribution < -0.4 is 5.11 Å². The highest BCUT2D eigenvalue weighted by molar-refractivity contribution is 7.99. The Morgan fingerprint density at radius 2 is 2.17 bits per heavy atom. The largest absolute Gasteiger partial charge is 0.549 e. The van der Waals surface area contributed by atoms with E-state index in [4.69, 9.17) is 23.2 Å². The number of hydrogen-bond donors (Lipinski definition) is 0. The van der Waals surface area contributed by atoms with E-state index in [1.165, 1.54) is 11.3 Å². The average Bonchev–Trinajstić information content (AvgIpc) is 3.05. The Morgan fingerprint density at radius 3 is 2.87 bits per heavy atom. The molecule has 3 rings (SSSR count). The van der Waals surface area contributed by atoms with Crippen molar-refractivity contribution in [3.05, 3.63) is 28.2 Å². The number of carboxylic acids is 1. The topological polar surface area (TPSA) is 70.8 Å². The fourth-order valence-electron chi connectivity index (χ4n) is 2.15. The van der Waals surface area contributed by atoms with Gasteiger partial charge in [0.1, 0.15) is 0 Å². The predicted octanol–water partition coefficient (Wildman–Crippen LogP) is 3.33. The molecule has 120 valence electrons. The lowest BCUT2D eigenvalue weighted by molar-refractivity contribution is -0.301. The Balaban J connectivity index is 2.08. The van der Waals surface area contributed by atoms with Crippen molar-refractivity contribution in [1.82, 2.24) is 14.8 Å². The Bertz CT molecular complexity index is 892. The van der Waals surface area contributed by atoms with Crippen LogP contribution in [0.3, 0.4) is 0 Å². The molecule has 0 saturated heterocycles. The molecule has 0 bridgehead atoms. The minimum Gasteiger partial charge on any atom is -0.549 e.